The predicted molar refractivity (Wildman–Crippen MR) is 101 cm³/mol. The lowest BCUT2D eigenvalue weighted by Gasteiger charge is -2.08. The van der Waals surface area contributed by atoms with Crippen LogP contribution in [0.5, 0.6) is 0 Å². The molecule has 3 aromatic rings. The van der Waals surface area contributed by atoms with E-state index in [0.29, 0.717) is 5.75 Å². The zero-order valence-electron chi connectivity index (χ0n) is 13.5. The molecule has 0 bridgehead atoms. The average Bonchev–Trinajstić information content (AvgIpc) is 3.38. The van der Waals surface area contributed by atoms with E-state index in [1.54, 1.807) is 6.20 Å². The van der Waals surface area contributed by atoms with Crippen molar-refractivity contribution in [2.45, 2.75) is 23.3 Å². The van der Waals surface area contributed by atoms with Crippen molar-refractivity contribution in [3.05, 3.63) is 36.0 Å². The van der Waals surface area contributed by atoms with Crippen LogP contribution in [0.3, 0.4) is 0 Å². The maximum Gasteiger partial charge on any atom is 0.206 e. The molecule has 25 heavy (non-hydrogen) atoms. The van der Waals surface area contributed by atoms with Crippen LogP contribution in [0.1, 0.15) is 23.2 Å². The van der Waals surface area contributed by atoms with Gasteiger partial charge in [0.25, 0.3) is 0 Å². The van der Waals surface area contributed by atoms with E-state index in [-0.39, 0.29) is 11.9 Å². The largest absolute Gasteiger partial charge is 0.376 e. The van der Waals surface area contributed by atoms with Crippen LogP contribution in [0.25, 0.3) is 10.9 Å². The van der Waals surface area contributed by atoms with E-state index in [1.165, 1.54) is 23.1 Å². The SMILES string of the molecule is O=C(CSc1nnc(NCC2CCCO2)s1)c1c[nH]c2ccccc12. The van der Waals surface area contributed by atoms with E-state index in [4.69, 9.17) is 4.74 Å². The van der Waals surface area contributed by atoms with E-state index < -0.39 is 0 Å². The number of rotatable bonds is 7. The number of carbonyl (C=O) groups excluding carboxylic acids is 1. The molecule has 1 aliphatic rings. The van der Waals surface area contributed by atoms with E-state index in [9.17, 15) is 4.79 Å². The Balaban J connectivity index is 1.32. The maximum absolute atomic E-state index is 12.5. The summed E-state index contributed by atoms with van der Waals surface area (Å²) in [6.45, 7) is 1.60. The van der Waals surface area contributed by atoms with Gasteiger partial charge in [-0.2, -0.15) is 0 Å². The number of aromatic amines is 1. The maximum atomic E-state index is 12.5. The zero-order valence-corrected chi connectivity index (χ0v) is 15.2. The Morgan fingerprint density at radius 2 is 2.32 bits per heavy atom. The van der Waals surface area contributed by atoms with Gasteiger partial charge < -0.3 is 15.0 Å². The van der Waals surface area contributed by atoms with Crippen LogP contribution >= 0.6 is 23.1 Å². The topological polar surface area (TPSA) is 79.9 Å². The third-order valence-electron chi connectivity index (χ3n) is 4.13. The van der Waals surface area contributed by atoms with Crippen molar-refractivity contribution in [2.75, 3.05) is 24.2 Å². The van der Waals surface area contributed by atoms with Crippen LogP contribution in [-0.4, -0.2) is 46.0 Å². The standard InChI is InChI=1S/C17H18N4O2S2/c22-15(13-9-18-14-6-2-1-5-12(13)14)10-24-17-21-20-16(25-17)19-8-11-4-3-7-23-11/h1-2,5-6,9,11,18H,3-4,7-8,10H2,(H,19,20). The van der Waals surface area contributed by atoms with Crippen LogP contribution in [0.15, 0.2) is 34.8 Å². The number of nitrogens with one attached hydrogen (secondary N) is 2. The number of Topliss-reactive ketones (excluding diaryl/α,β-unsaturated/α-hetero) is 1. The molecule has 8 heteroatoms. The second-order valence-electron chi connectivity index (χ2n) is 5.85. The number of ether oxygens (including phenoxy) is 1. The number of thioether (sulfide) groups is 1. The Labute approximate surface area is 153 Å². The highest BCUT2D eigenvalue weighted by atomic mass is 32.2. The van der Waals surface area contributed by atoms with Crippen molar-refractivity contribution in [1.29, 1.82) is 0 Å². The molecule has 4 rings (SSSR count). The molecule has 1 atom stereocenters. The average molecular weight is 374 g/mol. The second kappa shape index (κ2) is 7.55. The summed E-state index contributed by atoms with van der Waals surface area (Å²) in [5.41, 5.74) is 1.71. The van der Waals surface area contributed by atoms with Gasteiger partial charge in [-0.3, -0.25) is 4.79 Å². The fourth-order valence-corrected chi connectivity index (χ4v) is 4.50. The summed E-state index contributed by atoms with van der Waals surface area (Å²) in [7, 11) is 0. The lowest BCUT2D eigenvalue weighted by atomic mass is 10.1. The van der Waals surface area contributed by atoms with Gasteiger partial charge in [-0.25, -0.2) is 0 Å². The number of carbonyl (C=O) groups is 1. The molecule has 1 saturated heterocycles. The fourth-order valence-electron chi connectivity index (χ4n) is 2.85. The number of ketones is 1. The second-order valence-corrected chi connectivity index (χ2v) is 8.05. The van der Waals surface area contributed by atoms with E-state index in [1.807, 2.05) is 24.3 Å². The van der Waals surface area contributed by atoms with Crippen LogP contribution in [-0.2, 0) is 4.74 Å². The zero-order chi connectivity index (χ0) is 17.1. The number of hydrogen-bond acceptors (Lipinski definition) is 7. The lowest BCUT2D eigenvalue weighted by molar-refractivity contribution is 0.102. The first-order chi connectivity index (χ1) is 12.3. The third kappa shape index (κ3) is 3.86. The molecule has 2 N–H and O–H groups in total. The number of hydrogen-bond donors (Lipinski definition) is 2. The van der Waals surface area contributed by atoms with Gasteiger partial charge in [0.15, 0.2) is 10.1 Å². The van der Waals surface area contributed by atoms with Gasteiger partial charge in [0.1, 0.15) is 0 Å². The summed E-state index contributed by atoms with van der Waals surface area (Å²) in [5, 5.41) is 13.3. The van der Waals surface area contributed by atoms with Gasteiger partial charge >= 0.3 is 0 Å². The third-order valence-corrected chi connectivity index (χ3v) is 6.14. The minimum atomic E-state index is 0.0894. The summed E-state index contributed by atoms with van der Waals surface area (Å²) >= 11 is 2.90. The number of anilines is 1. The molecule has 0 spiro atoms. The molecule has 1 aromatic carbocycles. The van der Waals surface area contributed by atoms with Crippen molar-refractivity contribution in [2.24, 2.45) is 0 Å². The van der Waals surface area contributed by atoms with Crippen LogP contribution in [0.2, 0.25) is 0 Å². The van der Waals surface area contributed by atoms with Gasteiger partial charge in [0.05, 0.1) is 11.9 Å². The molecule has 0 radical (unpaired) electrons. The van der Waals surface area contributed by atoms with Crippen molar-refractivity contribution >= 4 is 44.9 Å². The molecule has 130 valence electrons. The molecule has 1 aliphatic heterocycles. The molecular formula is C17H18N4O2S2. The molecule has 3 heterocycles. The first-order valence-corrected chi connectivity index (χ1v) is 10.0. The van der Waals surface area contributed by atoms with E-state index in [0.717, 1.165) is 51.9 Å². The highest BCUT2D eigenvalue weighted by Gasteiger charge is 2.17. The van der Waals surface area contributed by atoms with Crippen LogP contribution in [0, 0.1) is 0 Å². The Morgan fingerprint density at radius 3 is 3.20 bits per heavy atom. The predicted octanol–water partition coefficient (Wildman–Crippen LogP) is 3.59. The van der Waals surface area contributed by atoms with Crippen molar-refractivity contribution in [3.8, 4) is 0 Å². The number of benzene rings is 1. The van der Waals surface area contributed by atoms with Crippen LogP contribution in [0.4, 0.5) is 5.13 Å². The minimum Gasteiger partial charge on any atom is -0.376 e. The Bertz CT molecular complexity index is 870. The molecular weight excluding hydrogens is 356 g/mol. The summed E-state index contributed by atoms with van der Waals surface area (Å²) in [6.07, 6.45) is 4.26. The summed E-state index contributed by atoms with van der Waals surface area (Å²) < 4.78 is 6.37. The fraction of sp³-hybridized carbons (Fsp3) is 0.353. The lowest BCUT2D eigenvalue weighted by Crippen LogP contribution is -2.18. The molecule has 2 aromatic heterocycles. The molecule has 1 unspecified atom stereocenters. The van der Waals surface area contributed by atoms with Crippen molar-refractivity contribution in [1.82, 2.24) is 15.2 Å². The number of H-pyrrole nitrogens is 1. The number of fused-ring (bicyclic) bond motifs is 1. The highest BCUT2D eigenvalue weighted by molar-refractivity contribution is 8.01. The number of para-hydroxylation sites is 1. The molecule has 0 amide bonds. The quantitative estimate of drug-likeness (QED) is 0.486. The van der Waals surface area contributed by atoms with Gasteiger partial charge in [0, 0.05) is 35.8 Å². The van der Waals surface area contributed by atoms with E-state index >= 15 is 0 Å². The van der Waals surface area contributed by atoms with E-state index in [2.05, 4.69) is 20.5 Å². The summed E-state index contributed by atoms with van der Waals surface area (Å²) in [5.74, 6) is 0.439. The van der Waals surface area contributed by atoms with Crippen LogP contribution < -0.4 is 5.32 Å². The molecule has 1 fully saturated rings. The Hall–Kier alpha value is -1.90. The number of nitrogens with zero attached hydrogens (tertiary/aromatic N) is 2. The van der Waals surface area contributed by atoms with Gasteiger partial charge in [0.2, 0.25) is 5.13 Å². The first-order valence-electron chi connectivity index (χ1n) is 8.21. The molecule has 6 nitrogen and oxygen atoms in total. The monoisotopic (exact) mass is 374 g/mol. The highest BCUT2D eigenvalue weighted by Crippen LogP contribution is 2.27. The van der Waals surface area contributed by atoms with Gasteiger partial charge in [-0.15, -0.1) is 10.2 Å². The van der Waals surface area contributed by atoms with Gasteiger partial charge in [-0.1, -0.05) is 41.3 Å². The minimum absolute atomic E-state index is 0.0894. The smallest absolute Gasteiger partial charge is 0.206 e. The van der Waals surface area contributed by atoms with Crippen molar-refractivity contribution < 1.29 is 9.53 Å². The molecule has 0 aliphatic carbocycles. The summed E-state index contributed by atoms with van der Waals surface area (Å²) in [6, 6.07) is 7.82. The van der Waals surface area contributed by atoms with Gasteiger partial charge in [-0.05, 0) is 18.9 Å². The molecule has 0 saturated carbocycles. The first kappa shape index (κ1) is 16.6. The number of aromatic nitrogens is 3. The Morgan fingerprint density at radius 1 is 1.40 bits per heavy atom. The normalized spacial score (nSPS) is 17.2. The summed E-state index contributed by atoms with van der Waals surface area (Å²) in [4.78, 5) is 15.6. The Kier molecular flexibility index (Phi) is 5.00. The van der Waals surface area contributed by atoms with Crippen molar-refractivity contribution in [3.63, 3.8) is 0 Å².